The van der Waals surface area contributed by atoms with Gasteiger partial charge in [0.15, 0.2) is 5.96 Å². The van der Waals surface area contributed by atoms with Crippen LogP contribution in [0.3, 0.4) is 0 Å². The summed E-state index contributed by atoms with van der Waals surface area (Å²) in [7, 11) is 3.57. The molecule has 0 spiro atoms. The number of anilines is 1. The Morgan fingerprint density at radius 3 is 2.39 bits per heavy atom. The minimum Gasteiger partial charge on any atom is -0.497 e. The number of piperazine rings is 1. The second-order valence-electron chi connectivity index (χ2n) is 5.85. The zero-order valence-corrected chi connectivity index (χ0v) is 14.7. The fourth-order valence-electron chi connectivity index (χ4n) is 2.88. The molecule has 5 nitrogen and oxygen atoms in total. The maximum absolute atomic E-state index is 5.22. The number of hydrogen-bond donors (Lipinski definition) is 1. The van der Waals surface area contributed by atoms with Crippen molar-refractivity contribution in [2.45, 2.75) is 26.2 Å². The monoisotopic (exact) mass is 318 g/mol. The smallest absolute Gasteiger partial charge is 0.193 e. The minimum atomic E-state index is 0.907. The predicted octanol–water partition coefficient (Wildman–Crippen LogP) is 2.58. The number of nitrogens with zero attached hydrogens (tertiary/aromatic N) is 3. The number of methoxy groups -OCH3 is 1. The lowest BCUT2D eigenvalue weighted by atomic mass is 10.2. The van der Waals surface area contributed by atoms with E-state index in [1.165, 1.54) is 24.9 Å². The highest BCUT2D eigenvalue weighted by molar-refractivity contribution is 5.80. The molecular formula is C18H30N4O. The Balaban J connectivity index is 1.81. The van der Waals surface area contributed by atoms with Crippen molar-refractivity contribution in [3.05, 3.63) is 24.3 Å². The van der Waals surface area contributed by atoms with Gasteiger partial charge in [0.05, 0.1) is 7.11 Å². The number of rotatable bonds is 6. The van der Waals surface area contributed by atoms with Crippen LogP contribution in [0.25, 0.3) is 0 Å². The Kier molecular flexibility index (Phi) is 7.04. The molecule has 1 saturated heterocycles. The maximum Gasteiger partial charge on any atom is 0.193 e. The molecule has 1 aliphatic heterocycles. The van der Waals surface area contributed by atoms with Gasteiger partial charge in [0.25, 0.3) is 0 Å². The highest BCUT2D eigenvalue weighted by Gasteiger charge is 2.19. The van der Waals surface area contributed by atoms with Crippen LogP contribution in [0.1, 0.15) is 26.2 Å². The summed E-state index contributed by atoms with van der Waals surface area (Å²) in [5.74, 6) is 1.94. The Bertz CT molecular complexity index is 478. The van der Waals surface area contributed by atoms with Gasteiger partial charge in [-0.1, -0.05) is 19.8 Å². The fourth-order valence-corrected chi connectivity index (χ4v) is 2.88. The molecule has 2 rings (SSSR count). The van der Waals surface area contributed by atoms with E-state index in [1.807, 2.05) is 19.2 Å². The van der Waals surface area contributed by atoms with E-state index in [4.69, 9.17) is 4.74 Å². The van der Waals surface area contributed by atoms with Crippen LogP contribution in [-0.4, -0.2) is 57.7 Å². The summed E-state index contributed by atoms with van der Waals surface area (Å²) in [5.41, 5.74) is 1.26. The zero-order chi connectivity index (χ0) is 16.5. The summed E-state index contributed by atoms with van der Waals surface area (Å²) in [6.07, 6.45) is 3.73. The molecule has 1 aromatic carbocycles. The second-order valence-corrected chi connectivity index (χ2v) is 5.85. The lowest BCUT2D eigenvalue weighted by Crippen LogP contribution is -2.52. The lowest BCUT2D eigenvalue weighted by molar-refractivity contribution is 0.372. The molecule has 1 aliphatic rings. The van der Waals surface area contributed by atoms with Crippen LogP contribution in [0.4, 0.5) is 5.69 Å². The second kappa shape index (κ2) is 9.28. The third kappa shape index (κ3) is 5.05. The van der Waals surface area contributed by atoms with E-state index in [0.717, 1.165) is 44.4 Å². The molecule has 1 fully saturated rings. The van der Waals surface area contributed by atoms with Gasteiger partial charge in [0, 0.05) is 45.5 Å². The lowest BCUT2D eigenvalue weighted by Gasteiger charge is -2.37. The van der Waals surface area contributed by atoms with Gasteiger partial charge in [-0.25, -0.2) is 0 Å². The summed E-state index contributed by atoms with van der Waals surface area (Å²) >= 11 is 0. The van der Waals surface area contributed by atoms with Gasteiger partial charge in [-0.3, -0.25) is 4.99 Å². The van der Waals surface area contributed by atoms with Crippen molar-refractivity contribution in [1.29, 1.82) is 0 Å². The highest BCUT2D eigenvalue weighted by atomic mass is 16.5. The molecule has 1 N–H and O–H groups in total. The first-order chi connectivity index (χ1) is 11.3. The van der Waals surface area contributed by atoms with Gasteiger partial charge >= 0.3 is 0 Å². The zero-order valence-electron chi connectivity index (χ0n) is 14.7. The third-order valence-electron chi connectivity index (χ3n) is 4.29. The Labute approximate surface area is 140 Å². The summed E-state index contributed by atoms with van der Waals surface area (Å²) in [4.78, 5) is 9.20. The number of aliphatic imine (C=N–C) groups is 1. The van der Waals surface area contributed by atoms with E-state index in [9.17, 15) is 0 Å². The first-order valence-corrected chi connectivity index (χ1v) is 8.63. The van der Waals surface area contributed by atoms with E-state index < -0.39 is 0 Å². The van der Waals surface area contributed by atoms with Crippen LogP contribution in [0.15, 0.2) is 29.3 Å². The van der Waals surface area contributed by atoms with Crippen LogP contribution < -0.4 is 15.0 Å². The summed E-state index contributed by atoms with van der Waals surface area (Å²) < 4.78 is 5.22. The van der Waals surface area contributed by atoms with Gasteiger partial charge in [-0.15, -0.1) is 0 Å². The Morgan fingerprint density at radius 2 is 1.83 bits per heavy atom. The van der Waals surface area contributed by atoms with Crippen molar-refractivity contribution in [2.24, 2.45) is 4.99 Å². The number of benzene rings is 1. The van der Waals surface area contributed by atoms with Gasteiger partial charge in [0.2, 0.25) is 0 Å². The first kappa shape index (κ1) is 17.4. The molecule has 0 radical (unpaired) electrons. The summed E-state index contributed by atoms with van der Waals surface area (Å²) in [6, 6.07) is 8.31. The van der Waals surface area contributed by atoms with Gasteiger partial charge < -0.3 is 19.9 Å². The molecule has 5 heteroatoms. The van der Waals surface area contributed by atoms with Crippen molar-refractivity contribution in [3.63, 3.8) is 0 Å². The topological polar surface area (TPSA) is 40.1 Å². The van der Waals surface area contributed by atoms with Crippen LogP contribution in [0, 0.1) is 0 Å². The quantitative estimate of drug-likeness (QED) is 0.497. The largest absolute Gasteiger partial charge is 0.497 e. The van der Waals surface area contributed by atoms with E-state index in [1.54, 1.807) is 7.11 Å². The molecule has 23 heavy (non-hydrogen) atoms. The van der Waals surface area contributed by atoms with Crippen LogP contribution >= 0.6 is 0 Å². The number of nitrogens with one attached hydrogen (secondary N) is 1. The van der Waals surface area contributed by atoms with E-state index in [-0.39, 0.29) is 0 Å². The van der Waals surface area contributed by atoms with Gasteiger partial charge in [-0.2, -0.15) is 0 Å². The van der Waals surface area contributed by atoms with Crippen molar-refractivity contribution >= 4 is 11.6 Å². The van der Waals surface area contributed by atoms with Gasteiger partial charge in [-0.05, 0) is 30.7 Å². The van der Waals surface area contributed by atoms with Crippen LogP contribution in [0.5, 0.6) is 5.75 Å². The molecule has 1 heterocycles. The van der Waals surface area contributed by atoms with E-state index in [0.29, 0.717) is 0 Å². The number of ether oxygens (including phenoxy) is 1. The van der Waals surface area contributed by atoms with Crippen molar-refractivity contribution in [1.82, 2.24) is 10.2 Å². The number of hydrogen-bond acceptors (Lipinski definition) is 3. The van der Waals surface area contributed by atoms with Crippen molar-refractivity contribution in [3.8, 4) is 5.75 Å². The average Bonchev–Trinajstić information content (AvgIpc) is 2.62. The summed E-state index contributed by atoms with van der Waals surface area (Å²) in [5, 5.41) is 3.48. The van der Waals surface area contributed by atoms with E-state index in [2.05, 4.69) is 39.2 Å². The van der Waals surface area contributed by atoms with E-state index >= 15 is 0 Å². The highest BCUT2D eigenvalue weighted by Crippen LogP contribution is 2.20. The first-order valence-electron chi connectivity index (χ1n) is 8.63. The fraction of sp³-hybridized carbons (Fsp3) is 0.611. The SMILES string of the molecule is CCCCCNC(=NC)N1CCN(c2ccc(OC)cc2)CC1. The molecule has 0 amide bonds. The van der Waals surface area contributed by atoms with Crippen LogP contribution in [0.2, 0.25) is 0 Å². The van der Waals surface area contributed by atoms with Crippen molar-refractivity contribution < 1.29 is 4.74 Å². The average molecular weight is 318 g/mol. The Morgan fingerprint density at radius 1 is 1.13 bits per heavy atom. The molecule has 0 atom stereocenters. The number of guanidine groups is 1. The predicted molar refractivity (Wildman–Crippen MR) is 97.7 cm³/mol. The minimum absolute atomic E-state index is 0.907. The number of unbranched alkanes of at least 4 members (excludes halogenated alkanes) is 2. The molecule has 128 valence electrons. The standard InChI is InChI=1S/C18H30N4O/c1-4-5-6-11-20-18(19-2)22-14-12-21(13-15-22)16-7-9-17(23-3)10-8-16/h7-10H,4-6,11-15H2,1-3H3,(H,19,20). The summed E-state index contributed by atoms with van der Waals surface area (Å²) in [6.45, 7) is 7.27. The third-order valence-corrected chi connectivity index (χ3v) is 4.29. The molecule has 0 saturated carbocycles. The normalized spacial score (nSPS) is 15.7. The molecule has 0 aliphatic carbocycles. The van der Waals surface area contributed by atoms with Gasteiger partial charge in [0.1, 0.15) is 5.75 Å². The molecule has 0 unspecified atom stereocenters. The maximum atomic E-state index is 5.22. The molecule has 0 bridgehead atoms. The molecule has 1 aromatic rings. The van der Waals surface area contributed by atoms with Crippen LogP contribution in [-0.2, 0) is 0 Å². The van der Waals surface area contributed by atoms with Crippen molar-refractivity contribution in [2.75, 3.05) is 51.8 Å². The molecular weight excluding hydrogens is 288 g/mol. The Hall–Kier alpha value is -1.91. The molecule has 0 aromatic heterocycles.